The first kappa shape index (κ1) is 12.0. The molecule has 0 unspecified atom stereocenters. The van der Waals surface area contributed by atoms with E-state index in [-0.39, 0.29) is 5.91 Å². The molecule has 2 N–H and O–H groups in total. The van der Waals surface area contributed by atoms with Gasteiger partial charge in [0.15, 0.2) is 5.82 Å². The monoisotopic (exact) mass is 260 g/mol. The summed E-state index contributed by atoms with van der Waals surface area (Å²) in [6.07, 6.45) is 3.63. The van der Waals surface area contributed by atoms with E-state index in [1.807, 2.05) is 6.07 Å². The first-order valence-electron chi connectivity index (χ1n) is 6.61. The maximum Gasteiger partial charge on any atom is 0.271 e. The number of aromatic nitrogens is 3. The van der Waals surface area contributed by atoms with E-state index in [1.54, 1.807) is 0 Å². The average molecular weight is 260 g/mol. The fourth-order valence-electron chi connectivity index (χ4n) is 2.24. The number of carbonyl (C=O) groups excluding carboxylic acids is 1. The van der Waals surface area contributed by atoms with Crippen molar-refractivity contribution in [3.8, 4) is 11.6 Å². The maximum absolute atomic E-state index is 11.8. The van der Waals surface area contributed by atoms with E-state index in [1.165, 1.54) is 0 Å². The summed E-state index contributed by atoms with van der Waals surface area (Å²) in [5, 5.41) is 6.81. The van der Waals surface area contributed by atoms with Crippen LogP contribution in [0.15, 0.2) is 10.6 Å². The number of aromatic amines is 1. The molecule has 6 nitrogen and oxygen atoms in total. The van der Waals surface area contributed by atoms with Crippen molar-refractivity contribution in [2.45, 2.75) is 32.6 Å². The first-order chi connectivity index (χ1) is 9.28. The fraction of sp³-hybridized carbons (Fsp3) is 0.462. The van der Waals surface area contributed by atoms with E-state index in [0.717, 1.165) is 37.1 Å². The van der Waals surface area contributed by atoms with Crippen molar-refractivity contribution in [2.75, 3.05) is 6.54 Å². The van der Waals surface area contributed by atoms with Crippen LogP contribution in [-0.2, 0) is 12.8 Å². The summed E-state index contributed by atoms with van der Waals surface area (Å²) in [7, 11) is 0. The second kappa shape index (κ2) is 4.87. The van der Waals surface area contributed by atoms with E-state index in [4.69, 9.17) is 4.52 Å². The molecule has 1 amide bonds. The lowest BCUT2D eigenvalue weighted by atomic mass is 10.2. The van der Waals surface area contributed by atoms with Crippen molar-refractivity contribution < 1.29 is 9.32 Å². The summed E-state index contributed by atoms with van der Waals surface area (Å²) in [5.41, 5.74) is 2.26. The summed E-state index contributed by atoms with van der Waals surface area (Å²) in [6, 6.07) is 1.87. The highest BCUT2D eigenvalue weighted by Gasteiger charge is 2.21. The highest BCUT2D eigenvalue weighted by molar-refractivity contribution is 5.94. The maximum atomic E-state index is 11.8. The Morgan fingerprint density at radius 3 is 3.21 bits per heavy atom. The van der Waals surface area contributed by atoms with Crippen LogP contribution in [0, 0.1) is 0 Å². The number of nitrogens with one attached hydrogen (secondary N) is 2. The van der Waals surface area contributed by atoms with Gasteiger partial charge in [-0.2, -0.15) is 0 Å². The molecular weight excluding hydrogens is 244 g/mol. The van der Waals surface area contributed by atoms with Gasteiger partial charge >= 0.3 is 0 Å². The first-order valence-corrected chi connectivity index (χ1v) is 6.61. The number of nitrogens with zero attached hydrogens (tertiary/aromatic N) is 2. The van der Waals surface area contributed by atoms with Gasteiger partial charge in [-0.15, -0.1) is 0 Å². The Morgan fingerprint density at radius 2 is 2.37 bits per heavy atom. The van der Waals surface area contributed by atoms with Crippen molar-refractivity contribution in [2.24, 2.45) is 0 Å². The van der Waals surface area contributed by atoms with Crippen LogP contribution in [0.3, 0.4) is 0 Å². The van der Waals surface area contributed by atoms with Crippen molar-refractivity contribution >= 4 is 5.91 Å². The average Bonchev–Trinajstić information content (AvgIpc) is 2.98. The van der Waals surface area contributed by atoms with E-state index >= 15 is 0 Å². The lowest BCUT2D eigenvalue weighted by molar-refractivity contribution is 0.0951. The molecule has 2 aromatic heterocycles. The minimum Gasteiger partial charge on any atom is -0.353 e. The standard InChI is InChI=1S/C13H16N4O2/c1-2-4-8-7-10(19-17-8)12-15-9-5-3-6-14-13(18)11(9)16-12/h7H,2-6H2,1H3,(H,14,18)(H,15,16). The Balaban J connectivity index is 1.93. The van der Waals surface area contributed by atoms with Gasteiger partial charge in [0, 0.05) is 18.3 Å². The van der Waals surface area contributed by atoms with E-state index in [0.29, 0.717) is 23.8 Å². The zero-order chi connectivity index (χ0) is 13.2. The third-order valence-corrected chi connectivity index (χ3v) is 3.18. The summed E-state index contributed by atoms with van der Waals surface area (Å²) in [6.45, 7) is 2.79. The number of amides is 1. The van der Waals surface area contributed by atoms with Gasteiger partial charge in [-0.1, -0.05) is 18.5 Å². The summed E-state index contributed by atoms with van der Waals surface area (Å²) in [5.74, 6) is 1.05. The van der Waals surface area contributed by atoms with Crippen molar-refractivity contribution in [3.63, 3.8) is 0 Å². The number of hydrogen-bond donors (Lipinski definition) is 2. The highest BCUT2D eigenvalue weighted by atomic mass is 16.5. The molecule has 0 saturated heterocycles. The topological polar surface area (TPSA) is 83.8 Å². The zero-order valence-corrected chi connectivity index (χ0v) is 10.8. The minimum absolute atomic E-state index is 0.122. The molecular formula is C13H16N4O2. The third-order valence-electron chi connectivity index (χ3n) is 3.18. The van der Waals surface area contributed by atoms with Gasteiger partial charge in [0.2, 0.25) is 5.76 Å². The van der Waals surface area contributed by atoms with Gasteiger partial charge < -0.3 is 14.8 Å². The fourth-order valence-corrected chi connectivity index (χ4v) is 2.24. The molecule has 6 heteroatoms. The number of hydrogen-bond acceptors (Lipinski definition) is 4. The van der Waals surface area contributed by atoms with Gasteiger partial charge in [0.1, 0.15) is 5.69 Å². The number of carbonyl (C=O) groups is 1. The molecule has 2 aromatic rings. The Bertz CT molecular complexity index is 600. The van der Waals surface area contributed by atoms with Crippen LogP contribution in [0.2, 0.25) is 0 Å². The van der Waals surface area contributed by atoms with Crippen molar-refractivity contribution in [3.05, 3.63) is 23.1 Å². The lowest BCUT2D eigenvalue weighted by Gasteiger charge is -1.95. The number of imidazole rings is 1. The van der Waals surface area contributed by atoms with Gasteiger partial charge in [-0.25, -0.2) is 4.98 Å². The molecule has 0 radical (unpaired) electrons. The molecule has 3 heterocycles. The SMILES string of the molecule is CCCc1cc(-c2nc3c([nH]2)CCCNC3=O)on1. The zero-order valence-electron chi connectivity index (χ0n) is 10.8. The van der Waals surface area contributed by atoms with Gasteiger partial charge in [0.25, 0.3) is 5.91 Å². The van der Waals surface area contributed by atoms with Gasteiger partial charge in [-0.3, -0.25) is 4.79 Å². The lowest BCUT2D eigenvalue weighted by Crippen LogP contribution is -2.23. The molecule has 0 aromatic carbocycles. The minimum atomic E-state index is -0.122. The predicted molar refractivity (Wildman–Crippen MR) is 68.7 cm³/mol. The van der Waals surface area contributed by atoms with Crippen LogP contribution in [0.5, 0.6) is 0 Å². The highest BCUT2D eigenvalue weighted by Crippen LogP contribution is 2.21. The molecule has 19 heavy (non-hydrogen) atoms. The molecule has 3 rings (SSSR count). The van der Waals surface area contributed by atoms with E-state index < -0.39 is 0 Å². The van der Waals surface area contributed by atoms with Crippen molar-refractivity contribution in [1.29, 1.82) is 0 Å². The van der Waals surface area contributed by atoms with Crippen LogP contribution < -0.4 is 5.32 Å². The molecule has 1 aliphatic heterocycles. The summed E-state index contributed by atoms with van der Waals surface area (Å²) < 4.78 is 5.27. The largest absolute Gasteiger partial charge is 0.353 e. The number of fused-ring (bicyclic) bond motifs is 1. The van der Waals surface area contributed by atoms with Gasteiger partial charge in [-0.05, 0) is 19.3 Å². The Hall–Kier alpha value is -2.11. The second-order valence-electron chi connectivity index (χ2n) is 4.70. The van der Waals surface area contributed by atoms with Gasteiger partial charge in [0.05, 0.1) is 5.69 Å². The van der Waals surface area contributed by atoms with E-state index in [2.05, 4.69) is 27.4 Å². The van der Waals surface area contributed by atoms with E-state index in [9.17, 15) is 4.79 Å². The molecule has 0 bridgehead atoms. The normalized spacial score (nSPS) is 14.9. The quantitative estimate of drug-likeness (QED) is 0.879. The molecule has 0 aliphatic carbocycles. The molecule has 0 fully saturated rings. The molecule has 0 saturated carbocycles. The Labute approximate surface area is 110 Å². The Kier molecular flexibility index (Phi) is 3.06. The Morgan fingerprint density at radius 1 is 1.47 bits per heavy atom. The van der Waals surface area contributed by atoms with Crippen LogP contribution in [0.25, 0.3) is 11.6 Å². The summed E-state index contributed by atoms with van der Waals surface area (Å²) in [4.78, 5) is 19.3. The third kappa shape index (κ3) is 2.25. The second-order valence-corrected chi connectivity index (χ2v) is 4.70. The smallest absolute Gasteiger partial charge is 0.271 e. The number of rotatable bonds is 3. The summed E-state index contributed by atoms with van der Waals surface area (Å²) >= 11 is 0. The molecule has 1 aliphatic rings. The van der Waals surface area contributed by atoms with Crippen LogP contribution in [0.1, 0.15) is 41.6 Å². The van der Waals surface area contributed by atoms with Crippen LogP contribution in [-0.4, -0.2) is 27.6 Å². The number of H-pyrrole nitrogens is 1. The van der Waals surface area contributed by atoms with Crippen molar-refractivity contribution in [1.82, 2.24) is 20.4 Å². The number of aryl methyl sites for hydroxylation is 2. The predicted octanol–water partition coefficient (Wildman–Crippen LogP) is 1.69. The van der Waals surface area contributed by atoms with Crippen LogP contribution >= 0.6 is 0 Å². The molecule has 0 atom stereocenters. The molecule has 0 spiro atoms. The van der Waals surface area contributed by atoms with Crippen LogP contribution in [0.4, 0.5) is 0 Å². The molecule has 100 valence electrons.